The van der Waals surface area contributed by atoms with Gasteiger partial charge in [0.25, 0.3) is 0 Å². The van der Waals surface area contributed by atoms with E-state index in [9.17, 15) is 9.59 Å². The highest BCUT2D eigenvalue weighted by Gasteiger charge is 2.66. The van der Waals surface area contributed by atoms with Crippen LogP contribution in [0.15, 0.2) is 11.0 Å². The van der Waals surface area contributed by atoms with Gasteiger partial charge in [0.05, 0.1) is 28.2 Å². The number of pyridine rings is 1. The molecule has 30 heavy (non-hydrogen) atoms. The smallest absolute Gasteiger partial charge is 0.202 e. The third kappa shape index (κ3) is 2.07. The van der Waals surface area contributed by atoms with Gasteiger partial charge < -0.3 is 25.7 Å². The van der Waals surface area contributed by atoms with Crippen LogP contribution in [0.2, 0.25) is 0 Å². The molecule has 2 aromatic rings. The second-order valence-electron chi connectivity index (χ2n) is 9.65. The van der Waals surface area contributed by atoms with Crippen molar-refractivity contribution < 1.29 is 13.9 Å². The normalized spacial score (nSPS) is 33.4. The van der Waals surface area contributed by atoms with Crippen LogP contribution in [0.25, 0.3) is 10.9 Å². The number of halogens is 1. The van der Waals surface area contributed by atoms with E-state index in [1.54, 1.807) is 6.20 Å². The van der Waals surface area contributed by atoms with Crippen molar-refractivity contribution in [2.45, 2.75) is 38.3 Å². The van der Waals surface area contributed by atoms with Gasteiger partial charge in [-0.25, -0.2) is 4.39 Å². The van der Waals surface area contributed by atoms with E-state index in [4.69, 9.17) is 16.2 Å². The van der Waals surface area contributed by atoms with Gasteiger partial charge in [-0.15, -0.1) is 0 Å². The first kappa shape index (κ1) is 18.2. The van der Waals surface area contributed by atoms with E-state index in [0.717, 1.165) is 12.8 Å². The molecule has 1 aromatic carbocycles. The number of nitrogen functional groups attached to an aromatic ring is 1. The van der Waals surface area contributed by atoms with Crippen LogP contribution in [-0.4, -0.2) is 35.6 Å². The number of hydrogen-bond acceptors (Lipinski definition) is 6. The van der Waals surface area contributed by atoms with Crippen LogP contribution < -0.4 is 26.5 Å². The molecular formula is C22H25FN4O3. The van der Waals surface area contributed by atoms with Gasteiger partial charge in [-0.05, 0) is 44.4 Å². The minimum Gasteiger partial charge on any atom is -0.487 e. The summed E-state index contributed by atoms with van der Waals surface area (Å²) in [7, 11) is 0. The van der Waals surface area contributed by atoms with Crippen LogP contribution in [-0.2, 0) is 0 Å². The van der Waals surface area contributed by atoms with Crippen LogP contribution >= 0.6 is 0 Å². The summed E-state index contributed by atoms with van der Waals surface area (Å²) in [5.74, 6) is 0.731. The molecule has 158 valence electrons. The van der Waals surface area contributed by atoms with Crippen molar-refractivity contribution in [3.05, 3.63) is 27.8 Å². The van der Waals surface area contributed by atoms with Crippen molar-refractivity contribution in [3.63, 3.8) is 0 Å². The zero-order valence-electron chi connectivity index (χ0n) is 17.1. The molecule has 1 aromatic heterocycles. The second kappa shape index (κ2) is 5.55. The first-order valence-electron chi connectivity index (χ1n) is 10.6. The van der Waals surface area contributed by atoms with E-state index in [2.05, 4.69) is 0 Å². The van der Waals surface area contributed by atoms with E-state index < -0.39 is 11.2 Å². The summed E-state index contributed by atoms with van der Waals surface area (Å²) in [6.07, 6.45) is 3.70. The lowest BCUT2D eigenvalue weighted by molar-refractivity contribution is 0.101. The van der Waals surface area contributed by atoms with Crippen LogP contribution in [0.3, 0.4) is 0 Å². The Morgan fingerprint density at radius 2 is 2.13 bits per heavy atom. The molecule has 4 aliphatic rings. The van der Waals surface area contributed by atoms with Crippen molar-refractivity contribution in [3.8, 4) is 5.75 Å². The molecule has 0 spiro atoms. The number of ether oxygens (including phenoxy) is 1. The number of fused-ring (bicyclic) bond motifs is 3. The molecule has 2 aliphatic carbocycles. The van der Waals surface area contributed by atoms with Gasteiger partial charge in [0.2, 0.25) is 5.43 Å². The van der Waals surface area contributed by atoms with Crippen molar-refractivity contribution in [1.82, 2.24) is 4.57 Å². The van der Waals surface area contributed by atoms with E-state index in [1.807, 2.05) is 16.4 Å². The standard InChI is InChI=1S/C22H25FN4O3/c1-9-8-30-21-18-15(20(29)13(10(2)28)6-27(9)18)17(24)16(23)19(21)26-5-11-3-12-4-22(12,25)14(11)7-26/h6,9,11-12,14H,3-5,7-8,24-25H2,1-2H3/t9-,11+,12?,14-,22+/m0/s1. The summed E-state index contributed by atoms with van der Waals surface area (Å²) in [6.45, 7) is 4.97. The predicted molar refractivity (Wildman–Crippen MR) is 112 cm³/mol. The molecule has 3 fully saturated rings. The Hall–Kier alpha value is -2.61. The second-order valence-corrected chi connectivity index (χ2v) is 9.65. The average molecular weight is 412 g/mol. The lowest BCUT2D eigenvalue weighted by Gasteiger charge is -2.32. The lowest BCUT2D eigenvalue weighted by Crippen LogP contribution is -2.36. The van der Waals surface area contributed by atoms with Gasteiger partial charge in [0.15, 0.2) is 17.3 Å². The molecule has 1 saturated heterocycles. The fourth-order valence-corrected chi connectivity index (χ4v) is 6.26. The van der Waals surface area contributed by atoms with Gasteiger partial charge >= 0.3 is 0 Å². The van der Waals surface area contributed by atoms with E-state index in [-0.39, 0.29) is 34.0 Å². The largest absolute Gasteiger partial charge is 0.487 e. The molecule has 2 aliphatic heterocycles. The highest BCUT2D eigenvalue weighted by molar-refractivity contribution is 6.04. The monoisotopic (exact) mass is 412 g/mol. The maximum absolute atomic E-state index is 15.7. The Kier molecular flexibility index (Phi) is 3.36. The maximum Gasteiger partial charge on any atom is 0.202 e. The minimum absolute atomic E-state index is 0.0154. The van der Waals surface area contributed by atoms with Crippen molar-refractivity contribution >= 4 is 28.1 Å². The lowest BCUT2D eigenvalue weighted by atomic mass is 9.92. The number of anilines is 2. The first-order chi connectivity index (χ1) is 14.2. The Bertz CT molecular complexity index is 1210. The summed E-state index contributed by atoms with van der Waals surface area (Å²) >= 11 is 0. The maximum atomic E-state index is 15.7. The zero-order chi connectivity index (χ0) is 21.1. The minimum atomic E-state index is -0.644. The summed E-state index contributed by atoms with van der Waals surface area (Å²) in [6, 6.07) is -0.117. The molecule has 6 rings (SSSR count). The summed E-state index contributed by atoms with van der Waals surface area (Å²) < 4.78 is 23.5. The third-order valence-corrected chi connectivity index (χ3v) is 7.94. The van der Waals surface area contributed by atoms with Gasteiger partial charge in [0, 0.05) is 24.8 Å². The number of aromatic nitrogens is 1. The van der Waals surface area contributed by atoms with Crippen LogP contribution in [0.4, 0.5) is 15.8 Å². The molecule has 2 saturated carbocycles. The molecule has 0 radical (unpaired) electrons. The summed E-state index contributed by atoms with van der Waals surface area (Å²) in [5.41, 5.74) is 12.7. The summed E-state index contributed by atoms with van der Waals surface area (Å²) in [5, 5.41) is 0.0300. The van der Waals surface area contributed by atoms with Gasteiger partial charge in [-0.1, -0.05) is 0 Å². The first-order valence-corrected chi connectivity index (χ1v) is 10.6. The van der Waals surface area contributed by atoms with Crippen LogP contribution in [0.5, 0.6) is 5.75 Å². The van der Waals surface area contributed by atoms with Gasteiger partial charge in [-0.2, -0.15) is 0 Å². The fourth-order valence-electron chi connectivity index (χ4n) is 6.26. The van der Waals surface area contributed by atoms with Crippen molar-refractivity contribution in [2.75, 3.05) is 30.3 Å². The molecule has 0 bridgehead atoms. The number of ketones is 1. The average Bonchev–Trinajstić information content (AvgIpc) is 3.04. The number of nitrogens with two attached hydrogens (primary N) is 2. The number of Topliss-reactive ketones (excluding diaryl/α,β-unsaturated/α-hetero) is 1. The molecular weight excluding hydrogens is 387 g/mol. The third-order valence-electron chi connectivity index (χ3n) is 7.94. The van der Waals surface area contributed by atoms with Gasteiger partial charge in [-0.3, -0.25) is 9.59 Å². The number of carbonyl (C=O) groups excluding carboxylic acids is 1. The molecule has 0 amide bonds. The Labute approximate surface area is 172 Å². The zero-order valence-corrected chi connectivity index (χ0v) is 17.1. The highest BCUT2D eigenvalue weighted by atomic mass is 19.1. The molecule has 4 N–H and O–H groups in total. The Balaban J connectivity index is 1.59. The summed E-state index contributed by atoms with van der Waals surface area (Å²) in [4.78, 5) is 27.1. The van der Waals surface area contributed by atoms with E-state index >= 15 is 4.39 Å². The molecule has 5 atom stereocenters. The molecule has 7 nitrogen and oxygen atoms in total. The van der Waals surface area contributed by atoms with Crippen LogP contribution in [0.1, 0.15) is 43.1 Å². The predicted octanol–water partition coefficient (Wildman–Crippen LogP) is 2.05. The highest BCUT2D eigenvalue weighted by Crippen LogP contribution is 2.62. The fraction of sp³-hybridized carbons (Fsp3) is 0.545. The number of nitrogens with zero attached hydrogens (tertiary/aromatic N) is 2. The Morgan fingerprint density at radius 1 is 1.37 bits per heavy atom. The number of carbonyl (C=O) groups is 1. The molecule has 8 heteroatoms. The Morgan fingerprint density at radius 3 is 2.83 bits per heavy atom. The van der Waals surface area contributed by atoms with Crippen molar-refractivity contribution in [2.24, 2.45) is 23.5 Å². The molecule has 1 unspecified atom stereocenters. The van der Waals surface area contributed by atoms with Crippen molar-refractivity contribution in [1.29, 1.82) is 0 Å². The number of benzene rings is 1. The van der Waals surface area contributed by atoms with Gasteiger partial charge in [0.1, 0.15) is 12.3 Å². The quantitative estimate of drug-likeness (QED) is 0.578. The number of rotatable bonds is 2. The number of hydrogen-bond donors (Lipinski definition) is 2. The van der Waals surface area contributed by atoms with E-state index in [0.29, 0.717) is 54.4 Å². The topological polar surface area (TPSA) is 104 Å². The SMILES string of the molecule is CC(=O)c1cn2c3c(c(N4C[C@H]5CC6C[C@]6(N)[C@H]5C4)c(F)c(N)c3c1=O)OC[C@@H]2C. The van der Waals surface area contributed by atoms with Crippen LogP contribution in [0, 0.1) is 23.6 Å². The van der Waals surface area contributed by atoms with E-state index in [1.165, 1.54) is 6.92 Å². The molecule has 3 heterocycles.